The molecule has 2 aliphatic heterocycles. The maximum absolute atomic E-state index is 12.6. The van der Waals surface area contributed by atoms with E-state index in [-0.39, 0.29) is 12.0 Å². The van der Waals surface area contributed by atoms with Crippen molar-refractivity contribution < 1.29 is 14.3 Å². The molecule has 6 nitrogen and oxygen atoms in total. The Morgan fingerprint density at radius 2 is 1.75 bits per heavy atom. The first kappa shape index (κ1) is 20.6. The summed E-state index contributed by atoms with van der Waals surface area (Å²) in [5.74, 6) is 1.18. The standard InChI is InChI=1S/C22H33N3O3/c1-17-9-13-24(14-10-17)16-18-4-3-12-25(15-11-18)22(27)23-20-7-5-19(6-8-20)21(26)28-2/h5-8,17-18H,3-4,9-16H2,1-2H3,(H,23,27)/t18-/m0/s1. The fraction of sp³-hybridized carbons (Fsp3) is 0.636. The van der Waals surface area contributed by atoms with Crippen LogP contribution < -0.4 is 5.32 Å². The molecule has 1 aromatic rings. The van der Waals surface area contributed by atoms with Crippen molar-refractivity contribution >= 4 is 17.7 Å². The summed E-state index contributed by atoms with van der Waals surface area (Å²) in [6.07, 6.45) is 5.96. The molecule has 0 radical (unpaired) electrons. The Morgan fingerprint density at radius 1 is 1.04 bits per heavy atom. The molecule has 0 aliphatic carbocycles. The lowest BCUT2D eigenvalue weighted by Gasteiger charge is -2.32. The molecule has 6 heteroatoms. The van der Waals surface area contributed by atoms with Crippen LogP contribution in [0, 0.1) is 11.8 Å². The van der Waals surface area contributed by atoms with Gasteiger partial charge in [-0.25, -0.2) is 9.59 Å². The lowest BCUT2D eigenvalue weighted by atomic mass is 9.95. The fourth-order valence-electron chi connectivity index (χ4n) is 4.17. The molecule has 0 unspecified atom stereocenters. The van der Waals surface area contributed by atoms with Crippen molar-refractivity contribution in [1.29, 1.82) is 0 Å². The van der Waals surface area contributed by atoms with Crippen LogP contribution in [0.15, 0.2) is 24.3 Å². The molecule has 1 N–H and O–H groups in total. The topological polar surface area (TPSA) is 61.9 Å². The van der Waals surface area contributed by atoms with Gasteiger partial charge in [0.1, 0.15) is 0 Å². The van der Waals surface area contributed by atoms with E-state index in [1.165, 1.54) is 46.0 Å². The van der Waals surface area contributed by atoms with Crippen molar-refractivity contribution in [2.75, 3.05) is 45.2 Å². The van der Waals surface area contributed by atoms with Crippen molar-refractivity contribution in [3.05, 3.63) is 29.8 Å². The Kier molecular flexibility index (Phi) is 7.31. The number of nitrogens with one attached hydrogen (secondary N) is 1. The largest absolute Gasteiger partial charge is 0.465 e. The van der Waals surface area contributed by atoms with Gasteiger partial charge in [0.05, 0.1) is 12.7 Å². The van der Waals surface area contributed by atoms with Crippen LogP contribution in [-0.2, 0) is 4.74 Å². The minimum absolute atomic E-state index is 0.0572. The van der Waals surface area contributed by atoms with E-state index in [9.17, 15) is 9.59 Å². The fourth-order valence-corrected chi connectivity index (χ4v) is 4.17. The van der Waals surface area contributed by atoms with Crippen LogP contribution in [0.3, 0.4) is 0 Å². The molecule has 0 saturated carbocycles. The normalized spacial score (nSPS) is 21.8. The second kappa shape index (κ2) is 9.92. The number of amides is 2. The number of likely N-dealkylation sites (tertiary alicyclic amines) is 2. The summed E-state index contributed by atoms with van der Waals surface area (Å²) in [6.45, 7) is 7.59. The van der Waals surface area contributed by atoms with E-state index in [1.54, 1.807) is 24.3 Å². The van der Waals surface area contributed by atoms with E-state index in [0.717, 1.165) is 31.8 Å². The number of anilines is 1. The van der Waals surface area contributed by atoms with E-state index < -0.39 is 0 Å². The Bertz CT molecular complexity index is 653. The maximum atomic E-state index is 12.6. The van der Waals surface area contributed by atoms with Gasteiger partial charge in [0.2, 0.25) is 0 Å². The summed E-state index contributed by atoms with van der Waals surface area (Å²) < 4.78 is 4.70. The molecule has 0 bridgehead atoms. The summed E-state index contributed by atoms with van der Waals surface area (Å²) in [5.41, 5.74) is 1.17. The second-order valence-corrected chi connectivity index (χ2v) is 8.27. The molecule has 0 spiro atoms. The molecule has 2 saturated heterocycles. The van der Waals surface area contributed by atoms with Gasteiger partial charge in [-0.3, -0.25) is 0 Å². The number of piperidine rings is 1. The monoisotopic (exact) mass is 387 g/mol. The molecule has 3 rings (SSSR count). The molecule has 2 heterocycles. The van der Waals surface area contributed by atoms with Crippen LogP contribution in [0.2, 0.25) is 0 Å². The zero-order valence-corrected chi connectivity index (χ0v) is 17.2. The predicted molar refractivity (Wildman–Crippen MR) is 111 cm³/mol. The van der Waals surface area contributed by atoms with Gasteiger partial charge in [0.25, 0.3) is 0 Å². The van der Waals surface area contributed by atoms with E-state index in [2.05, 4.69) is 17.1 Å². The van der Waals surface area contributed by atoms with Gasteiger partial charge in [-0.05, 0) is 81.3 Å². The highest BCUT2D eigenvalue weighted by molar-refractivity contribution is 5.92. The van der Waals surface area contributed by atoms with E-state index in [1.807, 2.05) is 4.90 Å². The van der Waals surface area contributed by atoms with E-state index in [0.29, 0.717) is 17.2 Å². The Morgan fingerprint density at radius 3 is 2.43 bits per heavy atom. The van der Waals surface area contributed by atoms with Gasteiger partial charge in [0.15, 0.2) is 0 Å². The number of urea groups is 1. The van der Waals surface area contributed by atoms with Gasteiger partial charge in [-0.2, -0.15) is 0 Å². The molecule has 1 atom stereocenters. The molecule has 1 aromatic carbocycles. The Balaban J connectivity index is 1.46. The lowest BCUT2D eigenvalue weighted by Crippen LogP contribution is -2.37. The molecular formula is C22H33N3O3. The van der Waals surface area contributed by atoms with E-state index >= 15 is 0 Å². The SMILES string of the molecule is COC(=O)c1ccc(NC(=O)N2CCC[C@H](CN3CCC(C)CC3)CC2)cc1. The summed E-state index contributed by atoms with van der Waals surface area (Å²) in [6, 6.07) is 6.75. The third-order valence-corrected chi connectivity index (χ3v) is 6.08. The van der Waals surface area contributed by atoms with Crippen LogP contribution in [-0.4, -0.2) is 61.6 Å². The second-order valence-electron chi connectivity index (χ2n) is 8.27. The predicted octanol–water partition coefficient (Wildman–Crippen LogP) is 3.84. The lowest BCUT2D eigenvalue weighted by molar-refractivity contribution is 0.0600. The quantitative estimate of drug-likeness (QED) is 0.798. The zero-order valence-electron chi connectivity index (χ0n) is 17.2. The van der Waals surface area contributed by atoms with Crippen LogP contribution in [0.5, 0.6) is 0 Å². The van der Waals surface area contributed by atoms with Crippen molar-refractivity contribution in [2.45, 2.75) is 39.0 Å². The summed E-state index contributed by atoms with van der Waals surface area (Å²) in [5, 5.41) is 2.95. The van der Waals surface area contributed by atoms with Crippen LogP contribution in [0.4, 0.5) is 10.5 Å². The van der Waals surface area contributed by atoms with Gasteiger partial charge >= 0.3 is 12.0 Å². The summed E-state index contributed by atoms with van der Waals surface area (Å²) in [7, 11) is 1.36. The van der Waals surface area contributed by atoms with E-state index in [4.69, 9.17) is 4.74 Å². The zero-order chi connectivity index (χ0) is 19.9. The van der Waals surface area contributed by atoms with Crippen molar-refractivity contribution in [2.24, 2.45) is 11.8 Å². The van der Waals surface area contributed by atoms with Gasteiger partial charge in [-0.1, -0.05) is 6.92 Å². The first-order valence-corrected chi connectivity index (χ1v) is 10.5. The molecule has 0 aromatic heterocycles. The number of carbonyl (C=O) groups is 2. The Hall–Kier alpha value is -2.08. The highest BCUT2D eigenvalue weighted by Gasteiger charge is 2.24. The molecule has 28 heavy (non-hydrogen) atoms. The molecule has 154 valence electrons. The van der Waals surface area contributed by atoms with Gasteiger partial charge < -0.3 is 19.9 Å². The highest BCUT2D eigenvalue weighted by atomic mass is 16.5. The minimum atomic E-state index is -0.375. The van der Waals surface area contributed by atoms with Crippen LogP contribution in [0.1, 0.15) is 49.4 Å². The maximum Gasteiger partial charge on any atom is 0.337 e. The smallest absolute Gasteiger partial charge is 0.337 e. The third kappa shape index (κ3) is 5.71. The third-order valence-electron chi connectivity index (χ3n) is 6.08. The first-order chi connectivity index (χ1) is 13.5. The Labute approximate surface area is 168 Å². The number of ether oxygens (including phenoxy) is 1. The van der Waals surface area contributed by atoms with Crippen molar-refractivity contribution in [1.82, 2.24) is 9.80 Å². The number of methoxy groups -OCH3 is 1. The minimum Gasteiger partial charge on any atom is -0.465 e. The molecule has 2 amide bonds. The number of rotatable bonds is 4. The number of hydrogen-bond donors (Lipinski definition) is 1. The number of carbonyl (C=O) groups excluding carboxylic acids is 2. The molecule has 2 fully saturated rings. The number of benzene rings is 1. The number of nitrogens with zero attached hydrogens (tertiary/aromatic N) is 2. The van der Waals surface area contributed by atoms with Crippen LogP contribution in [0.25, 0.3) is 0 Å². The van der Waals surface area contributed by atoms with Crippen LogP contribution >= 0.6 is 0 Å². The number of esters is 1. The van der Waals surface area contributed by atoms with Gasteiger partial charge in [0, 0.05) is 25.3 Å². The summed E-state index contributed by atoms with van der Waals surface area (Å²) in [4.78, 5) is 28.7. The average Bonchev–Trinajstić information content (AvgIpc) is 2.95. The van der Waals surface area contributed by atoms with Gasteiger partial charge in [-0.15, -0.1) is 0 Å². The van der Waals surface area contributed by atoms with Crippen molar-refractivity contribution in [3.8, 4) is 0 Å². The molecular weight excluding hydrogens is 354 g/mol. The first-order valence-electron chi connectivity index (χ1n) is 10.5. The van der Waals surface area contributed by atoms with Crippen molar-refractivity contribution in [3.63, 3.8) is 0 Å². The highest BCUT2D eigenvalue weighted by Crippen LogP contribution is 2.23. The summed E-state index contributed by atoms with van der Waals surface area (Å²) >= 11 is 0. The number of hydrogen-bond acceptors (Lipinski definition) is 4. The average molecular weight is 388 g/mol. The molecule has 2 aliphatic rings.